The molecule has 5 rings (SSSR count). The van der Waals surface area contributed by atoms with E-state index >= 15 is 0 Å². The molecule has 7 nitrogen and oxygen atoms in total. The maximum absolute atomic E-state index is 13.7. The fourth-order valence-electron chi connectivity index (χ4n) is 4.65. The minimum absolute atomic E-state index is 0.0227. The van der Waals surface area contributed by atoms with Gasteiger partial charge in [0.05, 0.1) is 27.9 Å². The molecule has 0 unspecified atom stereocenters. The number of fused-ring (bicyclic) bond motifs is 1. The molecule has 1 fully saturated rings. The molecule has 1 aliphatic carbocycles. The minimum atomic E-state index is -3.64. The van der Waals surface area contributed by atoms with Crippen LogP contribution >= 0.6 is 23.1 Å². The normalized spacial score (nSPS) is 14.9. The second-order valence-corrected chi connectivity index (χ2v) is 13.0. The maximum Gasteiger partial charge on any atom is 0.260 e. The van der Waals surface area contributed by atoms with E-state index in [1.54, 1.807) is 48.2 Å². The molecule has 0 spiro atoms. The van der Waals surface area contributed by atoms with Crippen LogP contribution in [0.2, 0.25) is 0 Å². The predicted molar refractivity (Wildman–Crippen MR) is 149 cm³/mol. The molecule has 10 heteroatoms. The number of thiazole rings is 1. The molecule has 0 saturated heterocycles. The molecule has 1 aliphatic rings. The molecule has 37 heavy (non-hydrogen) atoms. The molecule has 1 saturated carbocycles. The monoisotopic (exact) mass is 555 g/mol. The van der Waals surface area contributed by atoms with Crippen molar-refractivity contribution in [3.05, 3.63) is 72.2 Å². The van der Waals surface area contributed by atoms with Crippen molar-refractivity contribution in [2.45, 2.75) is 54.5 Å². The minimum Gasteiger partial charge on any atom is -0.467 e. The fraction of sp³-hybridized carbons (Fsp3) is 0.333. The number of benzene rings is 2. The molecular weight excluding hydrogens is 527 g/mol. The number of aromatic nitrogens is 1. The Bertz CT molecular complexity index is 1480. The van der Waals surface area contributed by atoms with E-state index in [2.05, 4.69) is 6.07 Å². The summed E-state index contributed by atoms with van der Waals surface area (Å²) in [6.07, 6.45) is 8.62. The zero-order chi connectivity index (χ0) is 26.0. The summed E-state index contributed by atoms with van der Waals surface area (Å²) in [5.41, 5.74) is 1.21. The van der Waals surface area contributed by atoms with Gasteiger partial charge in [0.2, 0.25) is 10.0 Å². The van der Waals surface area contributed by atoms with Crippen molar-refractivity contribution in [2.24, 2.45) is 0 Å². The smallest absolute Gasteiger partial charge is 0.260 e. The first-order valence-electron chi connectivity index (χ1n) is 12.2. The summed E-state index contributed by atoms with van der Waals surface area (Å²) >= 11 is 3.10. The lowest BCUT2D eigenvalue weighted by Crippen LogP contribution is -2.38. The summed E-state index contributed by atoms with van der Waals surface area (Å²) < 4.78 is 34.5. The number of amides is 1. The number of furan rings is 1. The zero-order valence-electron chi connectivity index (χ0n) is 20.8. The van der Waals surface area contributed by atoms with Gasteiger partial charge in [0.15, 0.2) is 5.13 Å². The topological polar surface area (TPSA) is 83.7 Å². The summed E-state index contributed by atoms with van der Waals surface area (Å²) in [5.74, 6) is 0.357. The predicted octanol–water partition coefficient (Wildman–Crippen LogP) is 6.41. The van der Waals surface area contributed by atoms with E-state index in [9.17, 15) is 13.2 Å². The van der Waals surface area contributed by atoms with Gasteiger partial charge in [-0.15, -0.1) is 11.8 Å². The van der Waals surface area contributed by atoms with Gasteiger partial charge >= 0.3 is 0 Å². The Kier molecular flexibility index (Phi) is 7.71. The summed E-state index contributed by atoms with van der Waals surface area (Å²) in [5, 5.41) is 0.559. The first-order chi connectivity index (χ1) is 17.9. The molecule has 1 amide bonds. The van der Waals surface area contributed by atoms with Gasteiger partial charge in [-0.3, -0.25) is 9.69 Å². The van der Waals surface area contributed by atoms with Gasteiger partial charge in [-0.2, -0.15) is 4.31 Å². The highest BCUT2D eigenvalue weighted by Crippen LogP contribution is 2.33. The first-order valence-corrected chi connectivity index (χ1v) is 15.7. The number of rotatable bonds is 8. The molecule has 2 aromatic carbocycles. The molecule has 0 radical (unpaired) electrons. The lowest BCUT2D eigenvalue weighted by Gasteiger charge is -2.30. The fourth-order valence-corrected chi connectivity index (χ4v) is 7.59. The number of hydrogen-bond acceptors (Lipinski definition) is 7. The largest absolute Gasteiger partial charge is 0.467 e. The van der Waals surface area contributed by atoms with E-state index in [1.807, 2.05) is 24.5 Å². The quantitative estimate of drug-likeness (QED) is 0.234. The van der Waals surface area contributed by atoms with Crippen molar-refractivity contribution in [1.29, 1.82) is 0 Å². The van der Waals surface area contributed by atoms with Crippen LogP contribution < -0.4 is 4.90 Å². The Hall–Kier alpha value is -2.66. The van der Waals surface area contributed by atoms with Gasteiger partial charge in [-0.05, 0) is 73.7 Å². The van der Waals surface area contributed by atoms with Crippen LogP contribution in [0, 0.1) is 0 Å². The van der Waals surface area contributed by atoms with Crippen molar-refractivity contribution in [2.75, 3.05) is 18.2 Å². The second-order valence-electron chi connectivity index (χ2n) is 9.14. The highest BCUT2D eigenvalue weighted by Gasteiger charge is 2.30. The van der Waals surface area contributed by atoms with Crippen LogP contribution in [0.3, 0.4) is 0 Å². The van der Waals surface area contributed by atoms with Crippen LogP contribution in [0.1, 0.15) is 48.2 Å². The van der Waals surface area contributed by atoms with Crippen molar-refractivity contribution >= 4 is 54.4 Å². The molecule has 0 atom stereocenters. The molecular formula is C27H29N3O4S3. The first kappa shape index (κ1) is 26.0. The summed E-state index contributed by atoms with van der Waals surface area (Å²) in [6.45, 7) is 0.214. The molecule has 4 aromatic rings. The standard InChI is InChI=1S/C27H29N3O4S3/c1-29(20-7-4-3-5-8-20)37(32,33)23-13-10-19(11-14-23)26(31)30(18-21-9-6-16-34-21)27-28-24-15-12-22(35-2)17-25(24)36-27/h6,9-17,20H,3-5,7-8,18H2,1-2H3. The average Bonchev–Trinajstić information content (AvgIpc) is 3.60. The molecule has 194 valence electrons. The van der Waals surface area contributed by atoms with Gasteiger partial charge in [-0.25, -0.2) is 13.4 Å². The second kappa shape index (κ2) is 11.0. The van der Waals surface area contributed by atoms with Crippen molar-refractivity contribution in [3.8, 4) is 0 Å². The zero-order valence-corrected chi connectivity index (χ0v) is 23.2. The number of sulfonamides is 1. The third-order valence-corrected chi connectivity index (χ3v) is 10.5. The molecule has 2 heterocycles. The molecule has 2 aromatic heterocycles. The number of thioether (sulfide) groups is 1. The van der Waals surface area contributed by atoms with Crippen LogP contribution in [0.5, 0.6) is 0 Å². The van der Waals surface area contributed by atoms with Crippen LogP contribution in [-0.4, -0.2) is 43.0 Å². The summed E-state index contributed by atoms with van der Waals surface area (Å²) in [7, 11) is -1.98. The van der Waals surface area contributed by atoms with Crippen LogP contribution in [-0.2, 0) is 16.6 Å². The number of hydrogen-bond donors (Lipinski definition) is 0. The van der Waals surface area contributed by atoms with Crippen LogP contribution in [0.4, 0.5) is 5.13 Å². The van der Waals surface area contributed by atoms with E-state index in [4.69, 9.17) is 9.40 Å². The number of nitrogens with zero attached hydrogens (tertiary/aromatic N) is 3. The van der Waals surface area contributed by atoms with Gasteiger partial charge in [0.1, 0.15) is 5.76 Å². The SMILES string of the molecule is CSc1ccc2nc(N(Cc3ccco3)C(=O)c3ccc(S(=O)(=O)N(C)C4CCCCC4)cc3)sc2c1. The number of carbonyl (C=O) groups excluding carboxylic acids is 1. The van der Waals surface area contributed by atoms with E-state index in [-0.39, 0.29) is 23.4 Å². The van der Waals surface area contributed by atoms with E-state index in [1.165, 1.54) is 27.8 Å². The van der Waals surface area contributed by atoms with Crippen LogP contribution in [0.25, 0.3) is 10.2 Å². The maximum atomic E-state index is 13.7. The van der Waals surface area contributed by atoms with Gasteiger partial charge in [0, 0.05) is 23.5 Å². The van der Waals surface area contributed by atoms with E-state index < -0.39 is 10.0 Å². The Morgan fingerprint density at radius 2 is 1.86 bits per heavy atom. The highest BCUT2D eigenvalue weighted by atomic mass is 32.2. The Balaban J connectivity index is 1.43. The van der Waals surface area contributed by atoms with Crippen molar-refractivity contribution in [1.82, 2.24) is 9.29 Å². The Morgan fingerprint density at radius 1 is 1.11 bits per heavy atom. The number of anilines is 1. The number of carbonyl (C=O) groups is 1. The third-order valence-electron chi connectivity index (χ3n) is 6.82. The summed E-state index contributed by atoms with van der Waals surface area (Å²) in [4.78, 5) is 21.3. The average molecular weight is 556 g/mol. The lowest BCUT2D eigenvalue weighted by atomic mass is 9.96. The van der Waals surface area contributed by atoms with Gasteiger partial charge in [-0.1, -0.05) is 30.6 Å². The Morgan fingerprint density at radius 3 is 2.54 bits per heavy atom. The third kappa shape index (κ3) is 5.47. The van der Waals surface area contributed by atoms with E-state index in [0.29, 0.717) is 16.5 Å². The van der Waals surface area contributed by atoms with Crippen molar-refractivity contribution in [3.63, 3.8) is 0 Å². The van der Waals surface area contributed by atoms with Gasteiger partial charge in [0.25, 0.3) is 5.91 Å². The van der Waals surface area contributed by atoms with Crippen molar-refractivity contribution < 1.29 is 17.6 Å². The molecule has 0 bridgehead atoms. The van der Waals surface area contributed by atoms with E-state index in [0.717, 1.165) is 47.2 Å². The van der Waals surface area contributed by atoms with Gasteiger partial charge < -0.3 is 4.42 Å². The Labute approximate surface area is 225 Å². The highest BCUT2D eigenvalue weighted by molar-refractivity contribution is 7.98. The summed E-state index contributed by atoms with van der Waals surface area (Å²) in [6, 6.07) is 15.9. The molecule has 0 N–H and O–H groups in total. The van der Waals surface area contributed by atoms with Crippen LogP contribution in [0.15, 0.2) is 75.1 Å². The lowest BCUT2D eigenvalue weighted by molar-refractivity contribution is 0.0983. The molecule has 0 aliphatic heterocycles.